The van der Waals surface area contributed by atoms with E-state index in [1.165, 1.54) is 27.1 Å². The van der Waals surface area contributed by atoms with Crippen LogP contribution in [0.3, 0.4) is 0 Å². The van der Waals surface area contributed by atoms with Crippen LogP contribution in [0.2, 0.25) is 0 Å². The lowest BCUT2D eigenvalue weighted by atomic mass is 9.92. The Morgan fingerprint density at radius 3 is 1.81 bits per heavy atom. The molecule has 13 rings (SSSR count). The second-order valence-corrected chi connectivity index (χ2v) is 18.0. The number of fused-ring (bicyclic) bond motifs is 8. The third-order valence-electron chi connectivity index (χ3n) is 13.8. The van der Waals surface area contributed by atoms with E-state index in [2.05, 4.69) is 241 Å². The third-order valence-corrected chi connectivity index (χ3v) is 13.8. The predicted octanol–water partition coefficient (Wildman–Crippen LogP) is 16.6. The van der Waals surface area contributed by atoms with Crippen LogP contribution < -0.4 is 0 Å². The zero-order chi connectivity index (χ0) is 45.8. The Kier molecular flexibility index (Phi) is 9.76. The van der Waals surface area contributed by atoms with E-state index in [1.807, 2.05) is 0 Å². The van der Waals surface area contributed by atoms with Crippen LogP contribution in [0, 0.1) is 0 Å². The SMILES string of the molecule is C=C1CC(c2ccc(-n3c4ccccc4c4c(-c5cc6ccccc6c6ccccc56)nc5ccccc5c43)cc2)=NC(c2cccc(-c3ccccc3)c2)=NC1c1cccc(-c2ccccc2)c1. The van der Waals surface area contributed by atoms with Crippen LogP contribution in [0.25, 0.3) is 93.5 Å². The standard InChI is InChI=1S/C65H44N4/c1-42-38-59(67-65(50-26-17-24-47(40-50)44-20-6-3-7-21-44)68-62(42)49-25-16-23-46(39-49)43-18-4-2-5-19-43)45-34-36-51(37-35-45)69-60-33-15-13-31-56(60)61-63(66-58-32-14-12-30-55(58)64(61)69)57-41-48-22-8-9-27-52(48)53-28-10-11-29-54(53)57/h2-37,39-41,62H,1,38H2. The van der Waals surface area contributed by atoms with E-state index < -0.39 is 0 Å². The summed E-state index contributed by atoms with van der Waals surface area (Å²) in [7, 11) is 0. The van der Waals surface area contributed by atoms with E-state index in [-0.39, 0.29) is 6.04 Å². The maximum Gasteiger partial charge on any atom is 0.155 e. The summed E-state index contributed by atoms with van der Waals surface area (Å²) >= 11 is 0. The Morgan fingerprint density at radius 2 is 1.04 bits per heavy atom. The topological polar surface area (TPSA) is 42.5 Å². The normalized spacial score (nSPS) is 14.1. The van der Waals surface area contributed by atoms with Crippen LogP contribution in [0.4, 0.5) is 0 Å². The third kappa shape index (κ3) is 7.04. The zero-order valence-electron chi connectivity index (χ0n) is 37.8. The summed E-state index contributed by atoms with van der Waals surface area (Å²) in [5, 5.41) is 8.25. The van der Waals surface area contributed by atoms with Gasteiger partial charge in [-0.2, -0.15) is 0 Å². The molecule has 0 saturated carbocycles. The minimum Gasteiger partial charge on any atom is -0.308 e. The molecular formula is C65H44N4. The number of rotatable bonds is 7. The molecule has 1 aliphatic heterocycles. The fourth-order valence-corrected chi connectivity index (χ4v) is 10.5. The lowest BCUT2D eigenvalue weighted by molar-refractivity contribution is 0.841. The summed E-state index contributed by atoms with van der Waals surface area (Å²) in [6.45, 7) is 4.73. The van der Waals surface area contributed by atoms with Gasteiger partial charge in [0.05, 0.1) is 34.0 Å². The summed E-state index contributed by atoms with van der Waals surface area (Å²) in [4.78, 5) is 16.5. The maximum absolute atomic E-state index is 5.53. The Labute approximate surface area is 400 Å². The van der Waals surface area contributed by atoms with Crippen LogP contribution >= 0.6 is 0 Å². The molecular weight excluding hydrogens is 837 g/mol. The molecule has 0 aliphatic carbocycles. The molecule has 0 bridgehead atoms. The first kappa shape index (κ1) is 40.3. The first-order valence-corrected chi connectivity index (χ1v) is 23.6. The molecule has 1 unspecified atom stereocenters. The van der Waals surface area contributed by atoms with Crippen LogP contribution in [0.1, 0.15) is 29.2 Å². The Hall–Kier alpha value is -8.99. The molecule has 1 atom stereocenters. The van der Waals surface area contributed by atoms with Gasteiger partial charge in [0, 0.05) is 39.4 Å². The van der Waals surface area contributed by atoms with E-state index in [0.717, 1.165) is 94.3 Å². The van der Waals surface area contributed by atoms with Gasteiger partial charge in [0.15, 0.2) is 5.84 Å². The van der Waals surface area contributed by atoms with Crippen molar-refractivity contribution in [2.45, 2.75) is 12.5 Å². The van der Waals surface area contributed by atoms with E-state index in [4.69, 9.17) is 21.5 Å². The predicted molar refractivity (Wildman–Crippen MR) is 290 cm³/mol. The van der Waals surface area contributed by atoms with Crippen molar-refractivity contribution in [1.29, 1.82) is 0 Å². The highest BCUT2D eigenvalue weighted by molar-refractivity contribution is 6.25. The summed E-state index contributed by atoms with van der Waals surface area (Å²) in [6.07, 6.45) is 0.569. The lowest BCUT2D eigenvalue weighted by Gasteiger charge is -2.17. The van der Waals surface area contributed by atoms with Gasteiger partial charge in [-0.3, -0.25) is 4.99 Å². The molecule has 0 amide bonds. The van der Waals surface area contributed by atoms with Crippen molar-refractivity contribution < 1.29 is 0 Å². The first-order valence-electron chi connectivity index (χ1n) is 23.6. The van der Waals surface area contributed by atoms with Crippen molar-refractivity contribution in [3.63, 3.8) is 0 Å². The van der Waals surface area contributed by atoms with Crippen molar-refractivity contribution in [3.8, 4) is 39.2 Å². The Morgan fingerprint density at radius 1 is 0.449 bits per heavy atom. The van der Waals surface area contributed by atoms with Gasteiger partial charge < -0.3 is 4.57 Å². The van der Waals surface area contributed by atoms with Crippen molar-refractivity contribution in [3.05, 3.63) is 265 Å². The minimum atomic E-state index is -0.294. The van der Waals surface area contributed by atoms with Gasteiger partial charge in [-0.15, -0.1) is 0 Å². The number of nitrogens with zero attached hydrogens (tertiary/aromatic N) is 4. The molecule has 4 nitrogen and oxygen atoms in total. The minimum absolute atomic E-state index is 0.294. The average molecular weight is 881 g/mol. The highest BCUT2D eigenvalue weighted by Gasteiger charge is 2.25. The van der Waals surface area contributed by atoms with E-state index in [9.17, 15) is 0 Å². The Balaban J connectivity index is 0.961. The quantitative estimate of drug-likeness (QED) is 0.116. The summed E-state index contributed by atoms with van der Waals surface area (Å²) < 4.78 is 2.43. The number of amidine groups is 1. The molecule has 0 spiro atoms. The van der Waals surface area contributed by atoms with Gasteiger partial charge in [0.1, 0.15) is 0 Å². The lowest BCUT2D eigenvalue weighted by Crippen LogP contribution is -2.06. The number of aliphatic imine (C=N–C) groups is 2. The van der Waals surface area contributed by atoms with Crippen molar-refractivity contribution in [2.24, 2.45) is 9.98 Å². The van der Waals surface area contributed by atoms with Crippen LogP contribution in [0.15, 0.2) is 259 Å². The molecule has 0 saturated heterocycles. The molecule has 69 heavy (non-hydrogen) atoms. The average Bonchev–Trinajstić information content (AvgIpc) is 3.67. The monoisotopic (exact) mass is 880 g/mol. The highest BCUT2D eigenvalue weighted by atomic mass is 15.0. The van der Waals surface area contributed by atoms with Crippen molar-refractivity contribution in [1.82, 2.24) is 9.55 Å². The molecule has 2 aromatic heterocycles. The number of para-hydroxylation sites is 2. The maximum atomic E-state index is 5.53. The van der Waals surface area contributed by atoms with Gasteiger partial charge in [-0.25, -0.2) is 9.98 Å². The van der Waals surface area contributed by atoms with Gasteiger partial charge in [-0.05, 0) is 103 Å². The fourth-order valence-electron chi connectivity index (χ4n) is 10.5. The second-order valence-electron chi connectivity index (χ2n) is 18.0. The van der Waals surface area contributed by atoms with E-state index >= 15 is 0 Å². The smallest absolute Gasteiger partial charge is 0.155 e. The molecule has 0 fully saturated rings. The number of hydrogen-bond acceptors (Lipinski definition) is 3. The first-order chi connectivity index (χ1) is 34.1. The molecule has 0 N–H and O–H groups in total. The molecule has 12 aromatic rings. The molecule has 0 radical (unpaired) electrons. The van der Waals surface area contributed by atoms with Gasteiger partial charge >= 0.3 is 0 Å². The Bertz CT molecular complexity index is 4050. The van der Waals surface area contributed by atoms with Crippen molar-refractivity contribution in [2.75, 3.05) is 0 Å². The fraction of sp³-hybridized carbons (Fsp3) is 0.0308. The van der Waals surface area contributed by atoms with E-state index in [1.54, 1.807) is 0 Å². The number of aromatic nitrogens is 2. The summed E-state index contributed by atoms with van der Waals surface area (Å²) in [5.74, 6) is 0.690. The number of benzene rings is 10. The van der Waals surface area contributed by atoms with Gasteiger partial charge in [0.2, 0.25) is 0 Å². The number of hydrogen-bond donors (Lipinski definition) is 0. The molecule has 324 valence electrons. The van der Waals surface area contributed by atoms with Gasteiger partial charge in [-0.1, -0.05) is 201 Å². The summed E-state index contributed by atoms with van der Waals surface area (Å²) in [5.41, 5.74) is 16.0. The summed E-state index contributed by atoms with van der Waals surface area (Å²) in [6, 6.07) is 84.0. The van der Waals surface area contributed by atoms with Gasteiger partial charge in [0.25, 0.3) is 0 Å². The highest BCUT2D eigenvalue weighted by Crippen LogP contribution is 2.44. The largest absolute Gasteiger partial charge is 0.308 e. The second kappa shape index (κ2) is 16.7. The van der Waals surface area contributed by atoms with Crippen LogP contribution in [-0.4, -0.2) is 21.1 Å². The molecule has 1 aliphatic rings. The number of pyridine rings is 1. The molecule has 10 aromatic carbocycles. The molecule has 4 heteroatoms. The van der Waals surface area contributed by atoms with Crippen LogP contribution in [-0.2, 0) is 0 Å². The molecule has 3 heterocycles. The van der Waals surface area contributed by atoms with E-state index in [0.29, 0.717) is 12.3 Å². The van der Waals surface area contributed by atoms with Crippen LogP contribution in [0.5, 0.6) is 0 Å². The zero-order valence-corrected chi connectivity index (χ0v) is 37.8. The van der Waals surface area contributed by atoms with Crippen molar-refractivity contribution >= 4 is 65.8 Å².